The Bertz CT molecular complexity index is 105. The molecule has 0 bridgehead atoms. The third-order valence-electron chi connectivity index (χ3n) is 1.07. The van der Waals surface area contributed by atoms with Crippen LogP contribution in [0.4, 0.5) is 14.1 Å². The normalized spacial score (nSPS) is 10.0. The fourth-order valence-electron chi connectivity index (χ4n) is 0.663. The van der Waals surface area contributed by atoms with Gasteiger partial charge in [0.15, 0.2) is 0 Å². The molecule has 0 atom stereocenters. The van der Waals surface area contributed by atoms with Crippen LogP contribution in [-0.4, -0.2) is 21.6 Å². The second-order valence-corrected chi connectivity index (χ2v) is 5.61. The van der Waals surface area contributed by atoms with Gasteiger partial charge in [0.1, 0.15) is 0 Å². The first-order valence-electron chi connectivity index (χ1n) is 4.28. The standard InChI is InChI=1S/C10H22O.BH3.3FH/c1-9(2,3)7-11-8-10(4,5)6;;;;/h7-8H2,1-6H3;1H3;3*1H. The van der Waals surface area contributed by atoms with E-state index in [1.165, 1.54) is 0 Å². The molecule has 15 heavy (non-hydrogen) atoms. The Hall–Kier alpha value is -0.185. The summed E-state index contributed by atoms with van der Waals surface area (Å²) < 4.78 is 5.56. The second-order valence-electron chi connectivity index (χ2n) is 5.61. The van der Waals surface area contributed by atoms with E-state index in [1.54, 1.807) is 0 Å². The molecule has 0 aromatic rings. The van der Waals surface area contributed by atoms with E-state index in [9.17, 15) is 0 Å². The summed E-state index contributed by atoms with van der Waals surface area (Å²) in [7, 11) is 0. The maximum atomic E-state index is 5.56. The van der Waals surface area contributed by atoms with Crippen molar-refractivity contribution in [3.63, 3.8) is 0 Å². The van der Waals surface area contributed by atoms with Gasteiger partial charge in [-0.15, -0.1) is 0 Å². The van der Waals surface area contributed by atoms with Gasteiger partial charge in [0.05, 0.1) is 21.6 Å². The number of hydrogen-bond donors (Lipinski definition) is 0. The molecule has 0 heterocycles. The predicted molar refractivity (Wildman–Crippen MR) is 67.2 cm³/mol. The number of halogens is 3. The minimum Gasteiger partial charge on any atom is -0.380 e. The van der Waals surface area contributed by atoms with Crippen molar-refractivity contribution in [2.24, 2.45) is 10.8 Å². The zero-order valence-electron chi connectivity index (χ0n) is 10.0. The van der Waals surface area contributed by atoms with Crippen LogP contribution in [0.3, 0.4) is 0 Å². The highest BCUT2D eigenvalue weighted by Crippen LogP contribution is 2.17. The molecule has 0 fully saturated rings. The lowest BCUT2D eigenvalue weighted by Crippen LogP contribution is -2.21. The van der Waals surface area contributed by atoms with Gasteiger partial charge in [-0.1, -0.05) is 41.5 Å². The molecule has 0 aliphatic heterocycles. The van der Waals surface area contributed by atoms with Gasteiger partial charge in [0.2, 0.25) is 0 Å². The maximum Gasteiger partial charge on any atom is 0.0814 e. The quantitative estimate of drug-likeness (QED) is 0.664. The van der Waals surface area contributed by atoms with Crippen LogP contribution in [0.25, 0.3) is 0 Å². The molecule has 0 amide bonds. The number of hydrogen-bond acceptors (Lipinski definition) is 1. The van der Waals surface area contributed by atoms with Crippen molar-refractivity contribution >= 4 is 8.41 Å². The van der Waals surface area contributed by atoms with Gasteiger partial charge >= 0.3 is 0 Å². The van der Waals surface area contributed by atoms with Gasteiger partial charge in [0.25, 0.3) is 0 Å². The molecule has 0 saturated carbocycles. The zero-order valence-corrected chi connectivity index (χ0v) is 10.0. The molecule has 0 aromatic carbocycles. The third-order valence-corrected chi connectivity index (χ3v) is 1.07. The van der Waals surface area contributed by atoms with E-state index >= 15 is 0 Å². The molecule has 0 N–H and O–H groups in total. The van der Waals surface area contributed by atoms with E-state index in [0.29, 0.717) is 10.8 Å². The van der Waals surface area contributed by atoms with Gasteiger partial charge in [0, 0.05) is 0 Å². The first-order valence-corrected chi connectivity index (χ1v) is 4.28. The molecule has 0 spiro atoms. The van der Waals surface area contributed by atoms with Crippen LogP contribution in [0.1, 0.15) is 41.5 Å². The Kier molecular flexibility index (Phi) is 20.2. The fraction of sp³-hybridized carbons (Fsp3) is 1.00. The van der Waals surface area contributed by atoms with Crippen LogP contribution < -0.4 is 0 Å². The van der Waals surface area contributed by atoms with Gasteiger partial charge in [-0.2, -0.15) is 0 Å². The van der Waals surface area contributed by atoms with Crippen molar-refractivity contribution in [3.05, 3.63) is 0 Å². The Morgan fingerprint density at radius 1 is 0.667 bits per heavy atom. The van der Waals surface area contributed by atoms with Crippen molar-refractivity contribution in [1.29, 1.82) is 0 Å². The largest absolute Gasteiger partial charge is 0.380 e. The van der Waals surface area contributed by atoms with Gasteiger partial charge in [-0.05, 0) is 10.8 Å². The molecule has 5 heteroatoms. The Balaban J connectivity index is -0.0000000833. The van der Waals surface area contributed by atoms with Crippen molar-refractivity contribution < 1.29 is 18.9 Å². The summed E-state index contributed by atoms with van der Waals surface area (Å²) in [5.41, 5.74) is 0.594. The maximum absolute atomic E-state index is 5.56. The first-order chi connectivity index (χ1) is 4.71. The molecule has 98 valence electrons. The molecular formula is C10H28BF3O. The average Bonchev–Trinajstić information content (AvgIpc) is 1.55. The van der Waals surface area contributed by atoms with Crippen LogP contribution in [0.2, 0.25) is 0 Å². The van der Waals surface area contributed by atoms with E-state index in [0.717, 1.165) is 13.2 Å². The van der Waals surface area contributed by atoms with E-state index in [-0.39, 0.29) is 22.5 Å². The molecule has 0 aromatic heterocycles. The summed E-state index contributed by atoms with van der Waals surface area (Å²) in [4.78, 5) is 0. The highest BCUT2D eigenvalue weighted by atomic mass is 19.0. The van der Waals surface area contributed by atoms with Crippen LogP contribution in [-0.2, 0) is 4.74 Å². The lowest BCUT2D eigenvalue weighted by atomic mass is 9.97. The zero-order chi connectivity index (χ0) is 9.12. The fourth-order valence-corrected chi connectivity index (χ4v) is 0.663. The van der Waals surface area contributed by atoms with E-state index in [4.69, 9.17) is 4.74 Å². The summed E-state index contributed by atoms with van der Waals surface area (Å²) in [5.74, 6) is 0. The third kappa shape index (κ3) is 31.6. The van der Waals surface area contributed by atoms with E-state index in [2.05, 4.69) is 41.5 Å². The Morgan fingerprint density at radius 3 is 1.00 bits per heavy atom. The summed E-state index contributed by atoms with van der Waals surface area (Å²) in [6.07, 6.45) is 0. The first kappa shape index (κ1) is 29.4. The van der Waals surface area contributed by atoms with Crippen LogP contribution in [0, 0.1) is 10.8 Å². The van der Waals surface area contributed by atoms with Crippen LogP contribution in [0.5, 0.6) is 0 Å². The summed E-state index contributed by atoms with van der Waals surface area (Å²) >= 11 is 0. The molecule has 0 radical (unpaired) electrons. The second kappa shape index (κ2) is 10.3. The number of rotatable bonds is 2. The summed E-state index contributed by atoms with van der Waals surface area (Å²) in [6, 6.07) is 0. The molecular weight excluding hydrogens is 204 g/mol. The summed E-state index contributed by atoms with van der Waals surface area (Å²) in [6.45, 7) is 14.8. The summed E-state index contributed by atoms with van der Waals surface area (Å²) in [5, 5.41) is 0. The topological polar surface area (TPSA) is 9.23 Å². The van der Waals surface area contributed by atoms with Gasteiger partial charge in [-0.25, -0.2) is 0 Å². The van der Waals surface area contributed by atoms with Crippen molar-refractivity contribution in [1.82, 2.24) is 0 Å². The Morgan fingerprint density at radius 2 is 0.867 bits per heavy atom. The highest BCUT2D eigenvalue weighted by Gasteiger charge is 2.14. The molecule has 0 saturated heterocycles. The van der Waals surface area contributed by atoms with Crippen LogP contribution >= 0.6 is 0 Å². The SMILES string of the molecule is B.CC(C)(C)COCC(C)(C)C.F.F.F. The monoisotopic (exact) mass is 232 g/mol. The molecule has 1 nitrogen and oxygen atoms in total. The lowest BCUT2D eigenvalue weighted by Gasteiger charge is -2.23. The van der Waals surface area contributed by atoms with Crippen LogP contribution in [0.15, 0.2) is 0 Å². The number of ether oxygens (including phenoxy) is 1. The smallest absolute Gasteiger partial charge is 0.0814 e. The predicted octanol–water partition coefficient (Wildman–Crippen LogP) is 2.37. The van der Waals surface area contributed by atoms with Gasteiger partial charge < -0.3 is 4.74 Å². The van der Waals surface area contributed by atoms with Crippen molar-refractivity contribution in [2.45, 2.75) is 41.5 Å². The molecule has 0 unspecified atom stereocenters. The highest BCUT2D eigenvalue weighted by molar-refractivity contribution is 5.75. The minimum atomic E-state index is 0. The van der Waals surface area contributed by atoms with Gasteiger partial charge in [-0.3, -0.25) is 14.1 Å². The minimum absolute atomic E-state index is 0. The van der Waals surface area contributed by atoms with E-state index < -0.39 is 0 Å². The van der Waals surface area contributed by atoms with Crippen molar-refractivity contribution in [3.8, 4) is 0 Å². The lowest BCUT2D eigenvalue weighted by molar-refractivity contribution is 0.0275. The molecule has 0 aliphatic carbocycles. The van der Waals surface area contributed by atoms with Crippen molar-refractivity contribution in [2.75, 3.05) is 13.2 Å². The molecule has 0 rings (SSSR count). The Labute approximate surface area is 93.6 Å². The molecule has 0 aliphatic rings. The average molecular weight is 232 g/mol. The van der Waals surface area contributed by atoms with E-state index in [1.807, 2.05) is 0 Å².